The predicted molar refractivity (Wildman–Crippen MR) is 103 cm³/mol. The summed E-state index contributed by atoms with van der Waals surface area (Å²) in [6, 6.07) is 5.02. The lowest BCUT2D eigenvalue weighted by Crippen LogP contribution is -2.46. The monoisotopic (exact) mass is 386 g/mol. The Morgan fingerprint density at radius 2 is 2.15 bits per heavy atom. The Balaban J connectivity index is 2.01. The van der Waals surface area contributed by atoms with Gasteiger partial charge in [-0.3, -0.25) is 0 Å². The first-order chi connectivity index (χ1) is 12.9. The molecule has 7 nitrogen and oxygen atoms in total. The molecule has 1 aliphatic heterocycles. The second-order valence-corrected chi connectivity index (χ2v) is 7.33. The van der Waals surface area contributed by atoms with Gasteiger partial charge in [-0.05, 0) is 25.0 Å². The first-order valence-electron chi connectivity index (χ1n) is 8.47. The molecule has 1 aromatic heterocycles. The van der Waals surface area contributed by atoms with Crippen LogP contribution in [0.25, 0.3) is 0 Å². The Labute approximate surface area is 162 Å². The van der Waals surface area contributed by atoms with E-state index in [0.717, 1.165) is 21.8 Å². The highest BCUT2D eigenvalue weighted by molar-refractivity contribution is 7.99. The van der Waals surface area contributed by atoms with E-state index in [4.69, 9.17) is 4.74 Å². The van der Waals surface area contributed by atoms with Crippen LogP contribution in [0, 0.1) is 13.8 Å². The lowest BCUT2D eigenvalue weighted by Gasteiger charge is -2.30. The van der Waals surface area contributed by atoms with Gasteiger partial charge < -0.3 is 19.9 Å². The summed E-state index contributed by atoms with van der Waals surface area (Å²) < 4.78 is 6.90. The number of urea groups is 1. The number of hydrogen-bond acceptors (Lipinski definition) is 5. The Kier molecular flexibility index (Phi) is 5.55. The fourth-order valence-electron chi connectivity index (χ4n) is 3.09. The molecule has 8 heteroatoms. The van der Waals surface area contributed by atoms with Crippen molar-refractivity contribution in [3.8, 4) is 0 Å². The van der Waals surface area contributed by atoms with E-state index in [-0.39, 0.29) is 6.03 Å². The van der Waals surface area contributed by atoms with Gasteiger partial charge in [-0.25, -0.2) is 14.6 Å². The third kappa shape index (κ3) is 4.00. The molecule has 0 fully saturated rings. The molecule has 1 atom stereocenters. The molecule has 0 aliphatic carbocycles. The summed E-state index contributed by atoms with van der Waals surface area (Å²) in [5, 5.41) is 6.41. The quantitative estimate of drug-likeness (QED) is 0.609. The molecule has 0 radical (unpaired) electrons. The maximum absolute atomic E-state index is 12.6. The zero-order valence-corrected chi connectivity index (χ0v) is 16.5. The van der Waals surface area contributed by atoms with E-state index >= 15 is 0 Å². The van der Waals surface area contributed by atoms with Crippen LogP contribution in [0.5, 0.6) is 0 Å². The predicted octanol–water partition coefficient (Wildman–Crippen LogP) is 2.61. The number of aromatic nitrogens is 2. The van der Waals surface area contributed by atoms with Crippen LogP contribution in [0.15, 0.2) is 47.0 Å². The van der Waals surface area contributed by atoms with Crippen LogP contribution in [0.1, 0.15) is 22.7 Å². The van der Waals surface area contributed by atoms with Crippen molar-refractivity contribution in [3.63, 3.8) is 0 Å². The van der Waals surface area contributed by atoms with Gasteiger partial charge in [0.15, 0.2) is 5.16 Å². The Hall–Kier alpha value is -2.74. The topological polar surface area (TPSA) is 85.2 Å². The van der Waals surface area contributed by atoms with Gasteiger partial charge >= 0.3 is 12.0 Å². The van der Waals surface area contributed by atoms with Crippen LogP contribution in [0.4, 0.5) is 4.79 Å². The van der Waals surface area contributed by atoms with Crippen LogP contribution in [-0.4, -0.2) is 34.4 Å². The Morgan fingerprint density at radius 1 is 1.37 bits per heavy atom. The number of rotatable bonds is 5. The summed E-state index contributed by atoms with van der Waals surface area (Å²) >= 11 is 1.44. The fraction of sp³-hybridized carbons (Fsp3) is 0.316. The average molecular weight is 386 g/mol. The second kappa shape index (κ2) is 7.87. The highest BCUT2D eigenvalue weighted by Gasteiger charge is 2.34. The van der Waals surface area contributed by atoms with Gasteiger partial charge in [-0.1, -0.05) is 35.5 Å². The molecule has 0 spiro atoms. The van der Waals surface area contributed by atoms with E-state index in [0.29, 0.717) is 17.0 Å². The number of nitrogens with one attached hydrogen (secondary N) is 2. The molecule has 0 bridgehead atoms. The molecule has 0 saturated carbocycles. The molecule has 1 aromatic carbocycles. The largest absolute Gasteiger partial charge is 0.466 e. The fourth-order valence-corrected chi connectivity index (χ4v) is 3.99. The SMILES string of the molecule is COC(=O)C1=C(CSc2nccn2C)NC(=O)NC1c1ccc(C)cc1C. The van der Waals surface area contributed by atoms with Gasteiger partial charge in [0.25, 0.3) is 0 Å². The molecule has 2 N–H and O–H groups in total. The minimum absolute atomic E-state index is 0.344. The van der Waals surface area contributed by atoms with E-state index in [2.05, 4.69) is 15.6 Å². The number of carbonyl (C=O) groups is 2. The van der Waals surface area contributed by atoms with Crippen molar-refractivity contribution < 1.29 is 14.3 Å². The molecule has 2 amide bonds. The van der Waals surface area contributed by atoms with Crippen LogP contribution in [-0.2, 0) is 16.6 Å². The van der Waals surface area contributed by atoms with Crippen LogP contribution in [0.2, 0.25) is 0 Å². The molecule has 3 rings (SSSR count). The van der Waals surface area contributed by atoms with Gasteiger partial charge in [0.1, 0.15) is 0 Å². The van der Waals surface area contributed by atoms with Crippen molar-refractivity contribution in [2.45, 2.75) is 25.0 Å². The first-order valence-corrected chi connectivity index (χ1v) is 9.45. The molecule has 1 unspecified atom stereocenters. The summed E-state index contributed by atoms with van der Waals surface area (Å²) in [6.45, 7) is 3.97. The standard InChI is InChI=1S/C19H22N4O3S/c1-11-5-6-13(12(2)9-11)16-15(17(24)26-4)14(21-18(25)22-16)10-27-19-20-7-8-23(19)3/h5-9,16H,10H2,1-4H3,(H2,21,22,25). The number of benzene rings is 1. The van der Waals surface area contributed by atoms with E-state index in [9.17, 15) is 9.59 Å². The first kappa shape index (κ1) is 19.0. The minimum atomic E-state index is -0.566. The summed E-state index contributed by atoms with van der Waals surface area (Å²) in [5.41, 5.74) is 3.93. The van der Waals surface area contributed by atoms with Crippen molar-refractivity contribution in [1.82, 2.24) is 20.2 Å². The Bertz CT molecular complexity index is 919. The summed E-state index contributed by atoms with van der Waals surface area (Å²) in [5.74, 6) is -0.0766. The maximum Gasteiger partial charge on any atom is 0.338 e. The molecule has 1 aliphatic rings. The number of aryl methyl sites for hydroxylation is 3. The van der Waals surface area contributed by atoms with Crippen LogP contribution < -0.4 is 10.6 Å². The molecular weight excluding hydrogens is 364 g/mol. The minimum Gasteiger partial charge on any atom is -0.466 e. The number of ether oxygens (including phenoxy) is 1. The van der Waals surface area contributed by atoms with Crippen molar-refractivity contribution >= 4 is 23.8 Å². The van der Waals surface area contributed by atoms with Crippen molar-refractivity contribution in [2.75, 3.05) is 12.9 Å². The number of hydrogen-bond donors (Lipinski definition) is 2. The second-order valence-electron chi connectivity index (χ2n) is 6.38. The number of amides is 2. The highest BCUT2D eigenvalue weighted by Crippen LogP contribution is 2.32. The number of esters is 1. The van der Waals surface area contributed by atoms with Crippen LogP contribution >= 0.6 is 11.8 Å². The molecule has 0 saturated heterocycles. The average Bonchev–Trinajstić information content (AvgIpc) is 3.03. The number of nitrogens with zero attached hydrogens (tertiary/aromatic N) is 2. The van der Waals surface area contributed by atoms with E-state index in [1.54, 1.807) is 6.20 Å². The lowest BCUT2D eigenvalue weighted by molar-refractivity contribution is -0.136. The van der Waals surface area contributed by atoms with Gasteiger partial charge in [-0.15, -0.1) is 0 Å². The van der Waals surface area contributed by atoms with E-state index in [1.165, 1.54) is 18.9 Å². The number of carbonyl (C=O) groups excluding carboxylic acids is 2. The lowest BCUT2D eigenvalue weighted by atomic mass is 9.91. The van der Waals surface area contributed by atoms with Gasteiger partial charge in [-0.2, -0.15) is 0 Å². The normalized spacial score (nSPS) is 16.7. The third-order valence-electron chi connectivity index (χ3n) is 4.42. The number of imidazole rings is 1. The van der Waals surface area contributed by atoms with E-state index in [1.807, 2.05) is 49.9 Å². The van der Waals surface area contributed by atoms with Crippen LogP contribution in [0.3, 0.4) is 0 Å². The van der Waals surface area contributed by atoms with Gasteiger partial charge in [0, 0.05) is 30.9 Å². The van der Waals surface area contributed by atoms with Crippen molar-refractivity contribution in [1.29, 1.82) is 0 Å². The van der Waals surface area contributed by atoms with Gasteiger partial charge in [0.05, 0.1) is 18.7 Å². The smallest absolute Gasteiger partial charge is 0.338 e. The Morgan fingerprint density at radius 3 is 2.78 bits per heavy atom. The molecule has 27 heavy (non-hydrogen) atoms. The summed E-state index contributed by atoms with van der Waals surface area (Å²) in [7, 11) is 3.23. The number of methoxy groups -OCH3 is 1. The van der Waals surface area contributed by atoms with Crippen molar-refractivity contribution in [2.24, 2.45) is 7.05 Å². The van der Waals surface area contributed by atoms with Gasteiger partial charge in [0.2, 0.25) is 0 Å². The highest BCUT2D eigenvalue weighted by atomic mass is 32.2. The summed E-state index contributed by atoms with van der Waals surface area (Å²) in [6.07, 6.45) is 3.55. The zero-order chi connectivity index (χ0) is 19.6. The number of thioether (sulfide) groups is 1. The summed E-state index contributed by atoms with van der Waals surface area (Å²) in [4.78, 5) is 29.1. The molecule has 142 valence electrons. The zero-order valence-electron chi connectivity index (χ0n) is 15.7. The van der Waals surface area contributed by atoms with Crippen molar-refractivity contribution in [3.05, 3.63) is 58.6 Å². The molecular formula is C19H22N4O3S. The molecule has 2 aromatic rings. The maximum atomic E-state index is 12.6. The van der Waals surface area contributed by atoms with E-state index < -0.39 is 12.0 Å². The molecule has 2 heterocycles. The third-order valence-corrected chi connectivity index (χ3v) is 5.50.